The molecule has 0 saturated carbocycles. The van der Waals surface area contributed by atoms with Gasteiger partial charge < -0.3 is 10.1 Å². The average Bonchev–Trinajstić information content (AvgIpc) is 2.75. The summed E-state index contributed by atoms with van der Waals surface area (Å²) >= 11 is 0. The molecule has 0 bridgehead atoms. The smallest absolute Gasteiger partial charge is 0.317 e. The summed E-state index contributed by atoms with van der Waals surface area (Å²) in [5.74, 6) is -0.378. The maximum atomic E-state index is 11.1. The number of nitrogens with zero attached hydrogens (tertiary/aromatic N) is 1. The molecule has 0 aliphatic carbocycles. The van der Waals surface area contributed by atoms with Gasteiger partial charge >= 0.3 is 5.97 Å². The lowest BCUT2D eigenvalue weighted by Crippen LogP contribution is -2.41. The third-order valence-electron chi connectivity index (χ3n) is 4.15. The van der Waals surface area contributed by atoms with E-state index in [1.165, 1.54) is 16.6 Å². The second-order valence-electron chi connectivity index (χ2n) is 5.87. The van der Waals surface area contributed by atoms with Crippen molar-refractivity contribution in [2.24, 2.45) is 5.92 Å². The minimum Gasteiger partial charge on any atom is -0.480 e. The Labute approximate surface area is 118 Å². The Bertz CT molecular complexity index is 645. The minimum atomic E-state index is -0.754. The van der Waals surface area contributed by atoms with Crippen LogP contribution in [-0.4, -0.2) is 34.0 Å². The number of para-hydroxylation sites is 1. The number of H-pyrrole nitrogens is 1. The van der Waals surface area contributed by atoms with Gasteiger partial charge in [-0.1, -0.05) is 32.0 Å². The Kier molecular flexibility index (Phi) is 3.26. The van der Waals surface area contributed by atoms with E-state index in [0.29, 0.717) is 5.92 Å². The Morgan fingerprint density at radius 1 is 1.45 bits per heavy atom. The fourth-order valence-electron chi connectivity index (χ4n) is 3.43. The van der Waals surface area contributed by atoms with Gasteiger partial charge in [-0.05, 0) is 24.0 Å². The summed E-state index contributed by atoms with van der Waals surface area (Å²) in [4.78, 5) is 16.7. The summed E-state index contributed by atoms with van der Waals surface area (Å²) in [6.07, 6.45) is 0.913. The molecule has 0 fully saturated rings. The zero-order valence-corrected chi connectivity index (χ0v) is 11.9. The summed E-state index contributed by atoms with van der Waals surface area (Å²) in [5, 5.41) is 10.4. The summed E-state index contributed by atoms with van der Waals surface area (Å²) in [6, 6.07) is 8.48. The molecule has 0 amide bonds. The van der Waals surface area contributed by atoms with Crippen LogP contribution < -0.4 is 0 Å². The first-order valence-corrected chi connectivity index (χ1v) is 7.13. The minimum absolute atomic E-state index is 0.109. The molecule has 0 saturated heterocycles. The summed E-state index contributed by atoms with van der Waals surface area (Å²) < 4.78 is 0. The number of fused-ring (bicyclic) bond motifs is 3. The molecule has 3 rings (SSSR count). The Hall–Kier alpha value is -1.81. The Morgan fingerprint density at radius 3 is 2.90 bits per heavy atom. The van der Waals surface area contributed by atoms with Gasteiger partial charge in [-0.2, -0.15) is 0 Å². The van der Waals surface area contributed by atoms with Crippen molar-refractivity contribution in [3.8, 4) is 0 Å². The number of aromatic amines is 1. The highest BCUT2D eigenvalue weighted by atomic mass is 16.4. The van der Waals surface area contributed by atoms with Gasteiger partial charge in [0.2, 0.25) is 0 Å². The lowest BCUT2D eigenvalue weighted by Gasteiger charge is -2.37. The van der Waals surface area contributed by atoms with Crippen molar-refractivity contribution in [1.29, 1.82) is 0 Å². The molecule has 2 aromatic rings. The van der Waals surface area contributed by atoms with Crippen molar-refractivity contribution in [3.05, 3.63) is 35.5 Å². The monoisotopic (exact) mass is 272 g/mol. The molecule has 1 aliphatic heterocycles. The van der Waals surface area contributed by atoms with E-state index in [9.17, 15) is 4.79 Å². The third-order valence-corrected chi connectivity index (χ3v) is 4.15. The molecule has 20 heavy (non-hydrogen) atoms. The number of hydrogen-bond acceptors (Lipinski definition) is 2. The van der Waals surface area contributed by atoms with Gasteiger partial charge in [0, 0.05) is 23.1 Å². The molecule has 1 aromatic carbocycles. The van der Waals surface area contributed by atoms with Gasteiger partial charge in [0.1, 0.15) is 0 Å². The molecule has 4 heteroatoms. The van der Waals surface area contributed by atoms with E-state index in [1.54, 1.807) is 0 Å². The van der Waals surface area contributed by atoms with Crippen LogP contribution in [0.25, 0.3) is 10.9 Å². The van der Waals surface area contributed by atoms with Crippen LogP contribution in [0.15, 0.2) is 24.3 Å². The Balaban J connectivity index is 2.08. The SMILES string of the molecule is CC(C)[C@H]1c2[nH]c3ccccc3c2CCN1CC(=O)O. The molecule has 0 radical (unpaired) electrons. The molecule has 0 spiro atoms. The van der Waals surface area contributed by atoms with Gasteiger partial charge in [-0.25, -0.2) is 0 Å². The number of carboxylic acids is 1. The van der Waals surface area contributed by atoms with Crippen LogP contribution >= 0.6 is 0 Å². The third kappa shape index (κ3) is 2.10. The van der Waals surface area contributed by atoms with Gasteiger partial charge in [0.05, 0.1) is 12.6 Å². The molecule has 106 valence electrons. The maximum absolute atomic E-state index is 11.1. The Morgan fingerprint density at radius 2 is 2.20 bits per heavy atom. The van der Waals surface area contributed by atoms with E-state index in [-0.39, 0.29) is 12.6 Å². The quantitative estimate of drug-likeness (QED) is 0.903. The van der Waals surface area contributed by atoms with Crippen LogP contribution in [-0.2, 0) is 11.2 Å². The summed E-state index contributed by atoms with van der Waals surface area (Å²) in [6.45, 7) is 5.22. The number of benzene rings is 1. The molecular weight excluding hydrogens is 252 g/mol. The first kappa shape index (κ1) is 13.2. The van der Waals surface area contributed by atoms with Crippen molar-refractivity contribution in [2.75, 3.05) is 13.1 Å². The second kappa shape index (κ2) is 4.94. The molecule has 1 aliphatic rings. The number of rotatable bonds is 3. The van der Waals surface area contributed by atoms with E-state index in [2.05, 4.69) is 41.9 Å². The second-order valence-corrected chi connectivity index (χ2v) is 5.87. The van der Waals surface area contributed by atoms with E-state index >= 15 is 0 Å². The van der Waals surface area contributed by atoms with Gasteiger partial charge in [0.25, 0.3) is 0 Å². The fraction of sp³-hybridized carbons (Fsp3) is 0.438. The van der Waals surface area contributed by atoms with E-state index in [0.717, 1.165) is 18.5 Å². The molecule has 0 unspecified atom stereocenters. The standard InChI is InChI=1S/C16H20N2O2/c1-10(2)16-15-12(7-8-18(16)9-14(19)20)11-5-3-4-6-13(11)17-15/h3-6,10,16-17H,7-9H2,1-2H3,(H,19,20)/t16-/m0/s1. The highest BCUT2D eigenvalue weighted by Crippen LogP contribution is 2.38. The van der Waals surface area contributed by atoms with Crippen LogP contribution in [0.5, 0.6) is 0 Å². The number of aliphatic carboxylic acids is 1. The molecular formula is C16H20N2O2. The van der Waals surface area contributed by atoms with Crippen molar-refractivity contribution in [1.82, 2.24) is 9.88 Å². The highest BCUT2D eigenvalue weighted by Gasteiger charge is 2.33. The lowest BCUT2D eigenvalue weighted by atomic mass is 9.90. The van der Waals surface area contributed by atoms with Crippen molar-refractivity contribution >= 4 is 16.9 Å². The van der Waals surface area contributed by atoms with E-state index in [4.69, 9.17) is 5.11 Å². The van der Waals surface area contributed by atoms with E-state index < -0.39 is 5.97 Å². The molecule has 1 aromatic heterocycles. The molecule has 2 heterocycles. The van der Waals surface area contributed by atoms with Crippen LogP contribution in [0.1, 0.15) is 31.1 Å². The van der Waals surface area contributed by atoms with Gasteiger partial charge in [-0.3, -0.25) is 9.69 Å². The van der Waals surface area contributed by atoms with Crippen LogP contribution in [0.4, 0.5) is 0 Å². The number of aromatic nitrogens is 1. The van der Waals surface area contributed by atoms with Crippen molar-refractivity contribution in [2.45, 2.75) is 26.3 Å². The molecule has 4 nitrogen and oxygen atoms in total. The van der Waals surface area contributed by atoms with Crippen molar-refractivity contribution < 1.29 is 9.90 Å². The summed E-state index contributed by atoms with van der Waals surface area (Å²) in [7, 11) is 0. The number of carboxylic acid groups (broad SMARTS) is 1. The maximum Gasteiger partial charge on any atom is 0.317 e. The van der Waals surface area contributed by atoms with Crippen molar-refractivity contribution in [3.63, 3.8) is 0 Å². The zero-order valence-electron chi connectivity index (χ0n) is 11.9. The first-order valence-electron chi connectivity index (χ1n) is 7.13. The van der Waals surface area contributed by atoms with Crippen LogP contribution in [0.3, 0.4) is 0 Å². The first-order chi connectivity index (χ1) is 9.58. The average molecular weight is 272 g/mol. The number of nitrogens with one attached hydrogen (secondary N) is 1. The fourth-order valence-corrected chi connectivity index (χ4v) is 3.43. The number of carbonyl (C=O) groups is 1. The normalized spacial score (nSPS) is 19.4. The molecule has 2 N–H and O–H groups in total. The van der Waals surface area contributed by atoms with Crippen LogP contribution in [0, 0.1) is 5.92 Å². The summed E-state index contributed by atoms with van der Waals surface area (Å²) in [5.41, 5.74) is 3.72. The topological polar surface area (TPSA) is 56.3 Å². The van der Waals surface area contributed by atoms with Gasteiger partial charge in [-0.15, -0.1) is 0 Å². The number of hydrogen-bond donors (Lipinski definition) is 2. The largest absolute Gasteiger partial charge is 0.480 e. The molecule has 1 atom stereocenters. The lowest BCUT2D eigenvalue weighted by molar-refractivity contribution is -0.139. The van der Waals surface area contributed by atoms with Gasteiger partial charge in [0.15, 0.2) is 0 Å². The predicted octanol–water partition coefficient (Wildman–Crippen LogP) is 2.81. The highest BCUT2D eigenvalue weighted by molar-refractivity contribution is 5.85. The van der Waals surface area contributed by atoms with E-state index in [1.807, 2.05) is 6.07 Å². The zero-order chi connectivity index (χ0) is 14.3. The van der Waals surface area contributed by atoms with Crippen LogP contribution in [0.2, 0.25) is 0 Å². The predicted molar refractivity (Wildman–Crippen MR) is 78.8 cm³/mol.